The molecule has 0 rings (SSSR count). The number of unbranched alkanes of at least 4 members (excludes halogenated alkanes) is 1. The maximum absolute atomic E-state index is 11.4. The Morgan fingerprint density at radius 3 is 2.40 bits per heavy atom. The summed E-state index contributed by atoms with van der Waals surface area (Å²) in [6.45, 7) is 2.05. The van der Waals surface area contributed by atoms with Crippen LogP contribution in [0.2, 0.25) is 0 Å². The number of carboxylic acid groups (broad SMARTS) is 1. The number of aliphatic carboxylic acids is 1. The van der Waals surface area contributed by atoms with E-state index in [1.165, 1.54) is 0 Å². The fourth-order valence-electron chi connectivity index (χ4n) is 1.29. The van der Waals surface area contributed by atoms with Crippen LogP contribution in [-0.4, -0.2) is 29.4 Å². The number of carbonyl (C=O) groups is 2. The Kier molecular flexibility index (Phi) is 6.90. The molecular formula is C10H20N2O3. The van der Waals surface area contributed by atoms with Gasteiger partial charge in [0, 0.05) is 13.0 Å². The second kappa shape index (κ2) is 7.36. The quantitative estimate of drug-likeness (QED) is 0.534. The minimum absolute atomic E-state index is 0.00625. The molecule has 0 amide bonds. The first-order valence-corrected chi connectivity index (χ1v) is 5.24. The van der Waals surface area contributed by atoms with Crippen LogP contribution in [0.15, 0.2) is 0 Å². The lowest BCUT2D eigenvalue weighted by Crippen LogP contribution is -2.39. The van der Waals surface area contributed by atoms with Crippen molar-refractivity contribution < 1.29 is 14.7 Å². The molecule has 0 aromatic rings. The van der Waals surface area contributed by atoms with E-state index in [0.717, 1.165) is 12.8 Å². The first-order valence-electron chi connectivity index (χ1n) is 5.24. The number of carbonyl (C=O) groups excluding carboxylic acids is 1. The standard InChI is InChI=1S/C10H20N2O3/c1-2-3-4-7(10(14)15)5-9(13)8(12)6-11/h7-8H,2-6,11-12H2,1H3,(H,14,15)/t7-,8+/m1/s1. The second-order valence-corrected chi connectivity index (χ2v) is 3.69. The molecule has 0 bridgehead atoms. The van der Waals surface area contributed by atoms with Gasteiger partial charge in [-0.15, -0.1) is 0 Å². The Bertz CT molecular complexity index is 219. The van der Waals surface area contributed by atoms with Gasteiger partial charge in [0.05, 0.1) is 12.0 Å². The first kappa shape index (κ1) is 14.1. The predicted octanol–water partition coefficient (Wildman–Crippen LogP) is 0.123. The van der Waals surface area contributed by atoms with Crippen LogP contribution < -0.4 is 11.5 Å². The van der Waals surface area contributed by atoms with Crippen LogP contribution in [0, 0.1) is 5.92 Å². The minimum atomic E-state index is -0.930. The van der Waals surface area contributed by atoms with Gasteiger partial charge >= 0.3 is 5.97 Å². The van der Waals surface area contributed by atoms with Gasteiger partial charge in [0.15, 0.2) is 5.78 Å². The summed E-state index contributed by atoms with van der Waals surface area (Å²) >= 11 is 0. The van der Waals surface area contributed by atoms with E-state index >= 15 is 0 Å². The molecule has 15 heavy (non-hydrogen) atoms. The molecule has 0 saturated heterocycles. The second-order valence-electron chi connectivity index (χ2n) is 3.69. The monoisotopic (exact) mass is 216 g/mol. The van der Waals surface area contributed by atoms with Gasteiger partial charge in [-0.25, -0.2) is 0 Å². The van der Waals surface area contributed by atoms with E-state index in [1.54, 1.807) is 0 Å². The van der Waals surface area contributed by atoms with Crippen molar-refractivity contribution in [1.29, 1.82) is 0 Å². The molecule has 0 unspecified atom stereocenters. The van der Waals surface area contributed by atoms with Crippen molar-refractivity contribution in [1.82, 2.24) is 0 Å². The van der Waals surface area contributed by atoms with Crippen LogP contribution >= 0.6 is 0 Å². The van der Waals surface area contributed by atoms with Crippen molar-refractivity contribution in [2.45, 2.75) is 38.6 Å². The zero-order chi connectivity index (χ0) is 11.8. The molecule has 2 atom stereocenters. The van der Waals surface area contributed by atoms with Crippen molar-refractivity contribution in [3.8, 4) is 0 Å². The number of ketones is 1. The minimum Gasteiger partial charge on any atom is -0.481 e. The molecule has 0 heterocycles. The lowest BCUT2D eigenvalue weighted by Gasteiger charge is -2.13. The molecule has 0 aliphatic carbocycles. The van der Waals surface area contributed by atoms with Crippen LogP contribution in [0.3, 0.4) is 0 Å². The number of hydrogen-bond donors (Lipinski definition) is 3. The third kappa shape index (κ3) is 5.49. The summed E-state index contributed by atoms with van der Waals surface area (Å²) in [6.07, 6.45) is 2.24. The molecule has 0 aromatic carbocycles. The van der Waals surface area contributed by atoms with E-state index in [-0.39, 0.29) is 18.7 Å². The summed E-state index contributed by atoms with van der Waals surface area (Å²) in [5.41, 5.74) is 10.7. The predicted molar refractivity (Wildman–Crippen MR) is 57.3 cm³/mol. The highest BCUT2D eigenvalue weighted by molar-refractivity contribution is 5.87. The van der Waals surface area contributed by atoms with Gasteiger partial charge < -0.3 is 16.6 Å². The molecule has 0 spiro atoms. The average molecular weight is 216 g/mol. The number of carboxylic acids is 1. The van der Waals surface area contributed by atoms with Gasteiger partial charge in [-0.05, 0) is 6.42 Å². The molecule has 0 aromatic heterocycles. The lowest BCUT2D eigenvalue weighted by molar-refractivity contribution is -0.144. The molecule has 0 aliphatic rings. The summed E-state index contributed by atoms with van der Waals surface area (Å²) in [7, 11) is 0. The molecule has 0 saturated carbocycles. The van der Waals surface area contributed by atoms with E-state index in [2.05, 4.69) is 0 Å². The highest BCUT2D eigenvalue weighted by Gasteiger charge is 2.23. The van der Waals surface area contributed by atoms with Gasteiger partial charge in [-0.2, -0.15) is 0 Å². The van der Waals surface area contributed by atoms with Crippen LogP contribution in [-0.2, 0) is 9.59 Å². The molecule has 5 nitrogen and oxygen atoms in total. The highest BCUT2D eigenvalue weighted by Crippen LogP contribution is 2.14. The van der Waals surface area contributed by atoms with Crippen LogP contribution in [0.4, 0.5) is 0 Å². The topological polar surface area (TPSA) is 106 Å². The van der Waals surface area contributed by atoms with Gasteiger partial charge in [0.25, 0.3) is 0 Å². The van der Waals surface area contributed by atoms with Crippen LogP contribution in [0.25, 0.3) is 0 Å². The zero-order valence-corrected chi connectivity index (χ0v) is 9.11. The van der Waals surface area contributed by atoms with E-state index in [9.17, 15) is 9.59 Å². The van der Waals surface area contributed by atoms with Gasteiger partial charge in [0.1, 0.15) is 0 Å². The van der Waals surface area contributed by atoms with Crippen molar-refractivity contribution in [2.75, 3.05) is 6.54 Å². The van der Waals surface area contributed by atoms with Crippen molar-refractivity contribution in [3.05, 3.63) is 0 Å². The summed E-state index contributed by atoms with van der Waals surface area (Å²) in [6, 6.07) is -0.728. The fourth-order valence-corrected chi connectivity index (χ4v) is 1.29. The third-order valence-electron chi connectivity index (χ3n) is 2.37. The van der Waals surface area contributed by atoms with E-state index < -0.39 is 17.9 Å². The normalized spacial score (nSPS) is 14.6. The maximum Gasteiger partial charge on any atom is 0.306 e. The summed E-state index contributed by atoms with van der Waals surface area (Å²) in [5.74, 6) is -1.81. The molecule has 88 valence electrons. The third-order valence-corrected chi connectivity index (χ3v) is 2.37. The van der Waals surface area contributed by atoms with Crippen molar-refractivity contribution in [3.63, 3.8) is 0 Å². The highest BCUT2D eigenvalue weighted by atomic mass is 16.4. The largest absolute Gasteiger partial charge is 0.481 e. The van der Waals surface area contributed by atoms with Gasteiger partial charge in [0.2, 0.25) is 0 Å². The Balaban J connectivity index is 4.16. The molecule has 0 fully saturated rings. The van der Waals surface area contributed by atoms with Crippen molar-refractivity contribution >= 4 is 11.8 Å². The molecule has 5 heteroatoms. The number of Topliss-reactive ketones (excluding diaryl/α,β-unsaturated/α-hetero) is 1. The molecular weight excluding hydrogens is 196 g/mol. The van der Waals surface area contributed by atoms with E-state index in [1.807, 2.05) is 6.92 Å². The molecule has 5 N–H and O–H groups in total. The first-order chi connectivity index (χ1) is 7.02. The van der Waals surface area contributed by atoms with E-state index in [4.69, 9.17) is 16.6 Å². The fraction of sp³-hybridized carbons (Fsp3) is 0.800. The summed E-state index contributed by atoms with van der Waals surface area (Å²) < 4.78 is 0. The molecule has 0 aliphatic heterocycles. The van der Waals surface area contributed by atoms with Crippen LogP contribution in [0.5, 0.6) is 0 Å². The Morgan fingerprint density at radius 2 is 2.00 bits per heavy atom. The number of hydrogen-bond acceptors (Lipinski definition) is 4. The maximum atomic E-state index is 11.4. The van der Waals surface area contributed by atoms with Crippen LogP contribution in [0.1, 0.15) is 32.6 Å². The Morgan fingerprint density at radius 1 is 1.40 bits per heavy atom. The summed E-state index contributed by atoms with van der Waals surface area (Å²) in [4.78, 5) is 22.2. The van der Waals surface area contributed by atoms with Gasteiger partial charge in [-0.1, -0.05) is 19.8 Å². The van der Waals surface area contributed by atoms with Crippen molar-refractivity contribution in [2.24, 2.45) is 17.4 Å². The zero-order valence-electron chi connectivity index (χ0n) is 9.11. The summed E-state index contributed by atoms with van der Waals surface area (Å²) in [5, 5.41) is 8.88. The lowest BCUT2D eigenvalue weighted by atomic mass is 9.94. The SMILES string of the molecule is CCCC[C@H](CC(=O)[C@@H](N)CN)C(=O)O. The number of rotatable bonds is 8. The molecule has 0 radical (unpaired) electrons. The Hall–Kier alpha value is -0.940. The van der Waals surface area contributed by atoms with Gasteiger partial charge in [-0.3, -0.25) is 9.59 Å². The Labute approximate surface area is 89.8 Å². The number of nitrogens with two attached hydrogens (primary N) is 2. The van der Waals surface area contributed by atoms with E-state index in [0.29, 0.717) is 6.42 Å². The average Bonchev–Trinajstić information content (AvgIpc) is 2.22. The smallest absolute Gasteiger partial charge is 0.306 e.